The Kier molecular flexibility index (Phi) is 6.29. The van der Waals surface area contributed by atoms with Crippen LogP contribution in [0.3, 0.4) is 0 Å². The first kappa shape index (κ1) is 23.7. The van der Waals surface area contributed by atoms with Gasteiger partial charge in [0.05, 0.1) is 33.8 Å². The molecule has 0 spiro atoms. The number of anilines is 2. The fourth-order valence-corrected chi connectivity index (χ4v) is 5.75. The van der Waals surface area contributed by atoms with Gasteiger partial charge in [0.25, 0.3) is 0 Å². The van der Waals surface area contributed by atoms with Crippen LogP contribution < -0.4 is 10.2 Å². The van der Waals surface area contributed by atoms with E-state index in [0.717, 1.165) is 30.4 Å². The molecule has 0 amide bonds. The molecule has 5 rings (SSSR count). The number of para-hydroxylation sites is 1. The number of carbonyl (C=O) groups is 1. The Hall–Kier alpha value is -4.03. The Balaban J connectivity index is 1.55. The van der Waals surface area contributed by atoms with Crippen LogP contribution >= 0.6 is 11.3 Å². The largest absolute Gasteiger partial charge is 0.478 e. The van der Waals surface area contributed by atoms with E-state index >= 15 is 0 Å². The van der Waals surface area contributed by atoms with Crippen molar-refractivity contribution < 1.29 is 9.90 Å². The van der Waals surface area contributed by atoms with Gasteiger partial charge in [0.15, 0.2) is 11.5 Å². The van der Waals surface area contributed by atoms with Crippen LogP contribution in [0, 0.1) is 18.3 Å². The van der Waals surface area contributed by atoms with Gasteiger partial charge in [-0.05, 0) is 50.5 Å². The standard InChI is InChI=1S/C27H26N6O2S/c1-15-10-19(16(2)30-20-7-5-4-6-18(20)27(34)35)25-22(11-15)31-23(13-28)26(32-25)33(3)17-8-9-21-24(12-17)36-14-29-21/h4-7,10-11,14,16-17,30H,8-9,12H2,1-3H3,(H,34,35)/t16-,17?/m1/s1. The summed E-state index contributed by atoms with van der Waals surface area (Å²) < 4.78 is 0. The Labute approximate surface area is 213 Å². The minimum atomic E-state index is -0.988. The third-order valence-corrected chi connectivity index (χ3v) is 7.67. The van der Waals surface area contributed by atoms with Crippen LogP contribution in [0.4, 0.5) is 11.5 Å². The zero-order chi connectivity index (χ0) is 25.4. The zero-order valence-corrected chi connectivity index (χ0v) is 21.1. The van der Waals surface area contributed by atoms with Gasteiger partial charge in [-0.25, -0.2) is 19.7 Å². The minimum Gasteiger partial charge on any atom is -0.478 e. The molecule has 36 heavy (non-hydrogen) atoms. The average Bonchev–Trinajstić information content (AvgIpc) is 3.35. The van der Waals surface area contributed by atoms with Crippen LogP contribution in [0.2, 0.25) is 0 Å². The second-order valence-electron chi connectivity index (χ2n) is 9.18. The predicted molar refractivity (Wildman–Crippen MR) is 141 cm³/mol. The number of thiazole rings is 1. The molecule has 0 saturated heterocycles. The maximum atomic E-state index is 11.7. The normalized spacial score (nSPS) is 15.7. The number of nitriles is 1. The van der Waals surface area contributed by atoms with Crippen molar-refractivity contribution in [2.24, 2.45) is 0 Å². The van der Waals surface area contributed by atoms with Gasteiger partial charge < -0.3 is 15.3 Å². The molecule has 0 radical (unpaired) electrons. The summed E-state index contributed by atoms with van der Waals surface area (Å²) in [4.78, 5) is 29.2. The molecule has 2 aromatic heterocycles. The predicted octanol–water partition coefficient (Wildman–Crippen LogP) is 5.13. The number of benzene rings is 2. The van der Waals surface area contributed by atoms with E-state index in [-0.39, 0.29) is 17.6 Å². The van der Waals surface area contributed by atoms with Gasteiger partial charge in [0.2, 0.25) is 0 Å². The van der Waals surface area contributed by atoms with Gasteiger partial charge in [-0.1, -0.05) is 18.2 Å². The third-order valence-electron chi connectivity index (χ3n) is 6.77. The van der Waals surface area contributed by atoms with Crippen molar-refractivity contribution in [2.75, 3.05) is 17.3 Å². The van der Waals surface area contributed by atoms with E-state index in [4.69, 9.17) is 9.97 Å². The molecule has 2 aromatic carbocycles. The highest BCUT2D eigenvalue weighted by atomic mass is 32.1. The summed E-state index contributed by atoms with van der Waals surface area (Å²) in [6.07, 6.45) is 2.71. The Morgan fingerprint density at radius 1 is 1.31 bits per heavy atom. The first-order chi connectivity index (χ1) is 17.4. The molecule has 2 heterocycles. The van der Waals surface area contributed by atoms with Crippen molar-refractivity contribution in [1.82, 2.24) is 15.0 Å². The fourth-order valence-electron chi connectivity index (χ4n) is 4.87. The lowest BCUT2D eigenvalue weighted by Crippen LogP contribution is -2.37. The van der Waals surface area contributed by atoms with Crippen molar-refractivity contribution in [1.29, 1.82) is 5.26 Å². The quantitative estimate of drug-likeness (QED) is 0.376. The molecule has 1 unspecified atom stereocenters. The molecule has 0 aliphatic heterocycles. The van der Waals surface area contributed by atoms with Gasteiger partial charge in [-0.3, -0.25) is 0 Å². The number of carboxylic acids is 1. The number of fused-ring (bicyclic) bond motifs is 2. The molecule has 1 aliphatic carbocycles. The molecule has 9 heteroatoms. The minimum absolute atomic E-state index is 0.198. The number of nitrogens with zero attached hydrogens (tertiary/aromatic N) is 5. The lowest BCUT2D eigenvalue weighted by molar-refractivity contribution is 0.0698. The summed E-state index contributed by atoms with van der Waals surface area (Å²) >= 11 is 1.68. The van der Waals surface area contributed by atoms with Gasteiger partial charge in [0, 0.05) is 35.6 Å². The number of hydrogen-bond donors (Lipinski definition) is 2. The first-order valence-corrected chi connectivity index (χ1v) is 12.7. The molecule has 0 saturated carbocycles. The van der Waals surface area contributed by atoms with Crippen molar-refractivity contribution in [2.45, 2.75) is 45.2 Å². The smallest absolute Gasteiger partial charge is 0.337 e. The van der Waals surface area contributed by atoms with Gasteiger partial charge in [-0.15, -0.1) is 11.3 Å². The molecule has 2 atom stereocenters. The van der Waals surface area contributed by atoms with Crippen LogP contribution in [0.5, 0.6) is 0 Å². The highest BCUT2D eigenvalue weighted by Gasteiger charge is 2.27. The molecule has 2 N–H and O–H groups in total. The van der Waals surface area contributed by atoms with Crippen molar-refractivity contribution in [3.8, 4) is 6.07 Å². The molecular weight excluding hydrogens is 472 g/mol. The molecule has 8 nitrogen and oxygen atoms in total. The lowest BCUT2D eigenvalue weighted by Gasteiger charge is -2.32. The van der Waals surface area contributed by atoms with E-state index in [0.29, 0.717) is 28.2 Å². The summed E-state index contributed by atoms with van der Waals surface area (Å²) in [5.74, 6) is -0.426. The van der Waals surface area contributed by atoms with Gasteiger partial charge >= 0.3 is 5.97 Å². The first-order valence-electron chi connectivity index (χ1n) is 11.8. The van der Waals surface area contributed by atoms with Crippen LogP contribution in [-0.4, -0.2) is 39.1 Å². The second kappa shape index (κ2) is 9.55. The highest BCUT2D eigenvalue weighted by molar-refractivity contribution is 7.09. The summed E-state index contributed by atoms with van der Waals surface area (Å²) in [7, 11) is 1.98. The summed E-state index contributed by atoms with van der Waals surface area (Å²) in [6, 6.07) is 13.0. The monoisotopic (exact) mass is 498 g/mol. The lowest BCUT2D eigenvalue weighted by atomic mass is 9.96. The average molecular weight is 499 g/mol. The number of aryl methyl sites for hydroxylation is 2. The van der Waals surface area contributed by atoms with Gasteiger partial charge in [-0.2, -0.15) is 5.26 Å². The number of rotatable bonds is 6. The van der Waals surface area contributed by atoms with Crippen molar-refractivity contribution in [3.05, 3.63) is 74.9 Å². The fraction of sp³-hybridized carbons (Fsp3) is 0.296. The van der Waals surface area contributed by atoms with Gasteiger partial charge in [0.1, 0.15) is 6.07 Å². The highest BCUT2D eigenvalue weighted by Crippen LogP contribution is 2.33. The maximum Gasteiger partial charge on any atom is 0.337 e. The number of nitrogens with one attached hydrogen (secondary N) is 1. The van der Waals surface area contributed by atoms with Crippen LogP contribution in [0.1, 0.15) is 57.1 Å². The van der Waals surface area contributed by atoms with Crippen LogP contribution in [-0.2, 0) is 12.8 Å². The number of aromatic carboxylic acids is 1. The number of aromatic nitrogens is 3. The Morgan fingerprint density at radius 2 is 2.11 bits per heavy atom. The summed E-state index contributed by atoms with van der Waals surface area (Å²) in [5, 5.41) is 22.9. The van der Waals surface area contributed by atoms with E-state index in [2.05, 4.69) is 21.3 Å². The number of carboxylic acid groups (broad SMARTS) is 1. The number of likely N-dealkylation sites (N-methyl/N-ethyl adjacent to an activating group) is 1. The molecule has 4 aromatic rings. The maximum absolute atomic E-state index is 11.7. The summed E-state index contributed by atoms with van der Waals surface area (Å²) in [6.45, 7) is 3.95. The SMILES string of the molecule is Cc1cc([C@@H](C)Nc2ccccc2C(=O)O)c2nc(N(C)C3CCc4ncsc4C3)c(C#N)nc2c1. The van der Waals surface area contributed by atoms with Crippen LogP contribution in [0.15, 0.2) is 41.9 Å². The number of hydrogen-bond acceptors (Lipinski definition) is 8. The van der Waals surface area contributed by atoms with Crippen LogP contribution in [0.25, 0.3) is 11.0 Å². The molecular formula is C27H26N6O2S. The van der Waals surface area contributed by atoms with Crippen molar-refractivity contribution >= 4 is 39.8 Å². The second-order valence-corrected chi connectivity index (χ2v) is 10.1. The summed E-state index contributed by atoms with van der Waals surface area (Å²) in [5.41, 5.74) is 7.34. The third kappa shape index (κ3) is 4.36. The topological polar surface area (TPSA) is 115 Å². The molecule has 1 aliphatic rings. The Bertz CT molecular complexity index is 1510. The van der Waals surface area contributed by atoms with E-state index in [9.17, 15) is 15.2 Å². The van der Waals surface area contributed by atoms with E-state index < -0.39 is 5.97 Å². The molecule has 0 fully saturated rings. The zero-order valence-electron chi connectivity index (χ0n) is 20.3. The molecule has 0 bridgehead atoms. The van der Waals surface area contributed by atoms with E-state index in [1.807, 2.05) is 38.5 Å². The van der Waals surface area contributed by atoms with Crippen molar-refractivity contribution in [3.63, 3.8) is 0 Å². The van der Waals surface area contributed by atoms with E-state index in [1.165, 1.54) is 10.6 Å². The Morgan fingerprint density at radius 3 is 2.89 bits per heavy atom. The van der Waals surface area contributed by atoms with E-state index in [1.54, 1.807) is 35.6 Å². The molecule has 182 valence electrons.